The molecule has 1 atom stereocenters. The zero-order valence-electron chi connectivity index (χ0n) is 12.3. The van der Waals surface area contributed by atoms with Gasteiger partial charge in [0, 0.05) is 10.0 Å². The van der Waals surface area contributed by atoms with Crippen LogP contribution in [0.15, 0.2) is 77.3 Å². The molecule has 4 rings (SSSR count). The van der Waals surface area contributed by atoms with Crippen LogP contribution in [-0.2, 0) is 0 Å². The van der Waals surface area contributed by atoms with E-state index < -0.39 is 0 Å². The Bertz CT molecular complexity index is 982. The van der Waals surface area contributed by atoms with Crippen molar-refractivity contribution in [3.05, 3.63) is 77.3 Å². The first-order chi connectivity index (χ1) is 11.3. The summed E-state index contributed by atoms with van der Waals surface area (Å²) < 4.78 is 3.26. The third-order valence-electron chi connectivity index (χ3n) is 3.79. The quantitative estimate of drug-likeness (QED) is 0.578. The summed E-state index contributed by atoms with van der Waals surface area (Å²) in [5, 5.41) is 0. The van der Waals surface area contributed by atoms with Crippen molar-refractivity contribution in [1.29, 1.82) is 0 Å². The smallest absolute Gasteiger partial charge is 0.142 e. The van der Waals surface area contributed by atoms with Crippen LogP contribution < -0.4 is 0 Å². The van der Waals surface area contributed by atoms with Crippen molar-refractivity contribution >= 4 is 27.0 Å². The molecule has 0 amide bonds. The van der Waals surface area contributed by atoms with Gasteiger partial charge in [0.25, 0.3) is 0 Å². The lowest BCUT2D eigenvalue weighted by molar-refractivity contribution is 0.777. The predicted octanol–water partition coefficient (Wildman–Crippen LogP) is 5.14. The van der Waals surface area contributed by atoms with Crippen LogP contribution in [0.1, 0.15) is 6.04 Å². The Morgan fingerprint density at radius 3 is 2.70 bits per heavy atom. The molecule has 0 fully saturated rings. The normalized spacial score (nSPS) is 16.1. The summed E-state index contributed by atoms with van der Waals surface area (Å²) in [6.07, 6.45) is 7.96. The highest BCUT2D eigenvalue weighted by Gasteiger charge is 2.17. The number of imidazole rings is 1. The van der Waals surface area contributed by atoms with Crippen molar-refractivity contribution in [2.45, 2.75) is 6.04 Å². The average Bonchev–Trinajstić information content (AvgIpc) is 2.76. The standard InChI is InChI=1S/C20H13BrN2/c21-16-13-11-15(12-14-16)20-22-18-9-5-6-10-19(18)23(20)17-7-3-1-2-4-8-17/h1-3,5-7,9-14,17H. The molecule has 3 aromatic rings. The van der Waals surface area contributed by atoms with Crippen LogP contribution in [0.3, 0.4) is 0 Å². The van der Waals surface area contributed by atoms with E-state index in [0.717, 1.165) is 26.9 Å². The molecular weight excluding hydrogens is 348 g/mol. The highest BCUT2D eigenvalue weighted by Crippen LogP contribution is 2.30. The van der Waals surface area contributed by atoms with E-state index in [0.29, 0.717) is 0 Å². The summed E-state index contributed by atoms with van der Waals surface area (Å²) in [7, 11) is 0. The Morgan fingerprint density at radius 2 is 1.83 bits per heavy atom. The lowest BCUT2D eigenvalue weighted by atomic mass is 10.2. The number of nitrogens with zero attached hydrogens (tertiary/aromatic N) is 2. The van der Waals surface area contributed by atoms with Gasteiger partial charge in [-0.25, -0.2) is 4.98 Å². The maximum Gasteiger partial charge on any atom is 0.142 e. The SMILES string of the molecule is Brc1ccc(-c2nc3ccccc3n2C2C#CC=CC=C2)cc1. The van der Waals surface area contributed by atoms with E-state index in [4.69, 9.17) is 4.98 Å². The molecule has 1 aromatic heterocycles. The molecule has 0 saturated carbocycles. The van der Waals surface area contributed by atoms with Gasteiger partial charge in [-0.2, -0.15) is 0 Å². The van der Waals surface area contributed by atoms with E-state index in [1.54, 1.807) is 0 Å². The van der Waals surface area contributed by atoms with Gasteiger partial charge in [-0.15, -0.1) is 0 Å². The number of para-hydroxylation sites is 2. The minimum atomic E-state index is -0.0314. The molecule has 0 aliphatic heterocycles. The Balaban J connectivity index is 1.97. The maximum absolute atomic E-state index is 4.84. The molecular formula is C20H13BrN2. The van der Waals surface area contributed by atoms with Gasteiger partial charge in [0.05, 0.1) is 11.0 Å². The molecule has 0 N–H and O–H groups in total. The van der Waals surface area contributed by atoms with Crippen LogP contribution in [0.4, 0.5) is 0 Å². The molecule has 0 spiro atoms. The molecule has 1 heterocycles. The van der Waals surface area contributed by atoms with Crippen molar-refractivity contribution in [3.8, 4) is 23.2 Å². The number of fused-ring (bicyclic) bond motifs is 1. The number of hydrogen-bond acceptors (Lipinski definition) is 1. The summed E-state index contributed by atoms with van der Waals surface area (Å²) in [5.41, 5.74) is 3.16. The van der Waals surface area contributed by atoms with E-state index in [1.807, 2.05) is 48.6 Å². The first-order valence-corrected chi connectivity index (χ1v) is 8.19. The van der Waals surface area contributed by atoms with Gasteiger partial charge in [0.1, 0.15) is 11.9 Å². The largest absolute Gasteiger partial charge is 0.306 e. The van der Waals surface area contributed by atoms with Crippen LogP contribution in [0.2, 0.25) is 0 Å². The number of halogens is 1. The molecule has 2 nitrogen and oxygen atoms in total. The molecule has 1 aliphatic rings. The summed E-state index contributed by atoms with van der Waals surface area (Å²) in [6, 6.07) is 16.4. The summed E-state index contributed by atoms with van der Waals surface area (Å²) in [5.74, 6) is 7.31. The topological polar surface area (TPSA) is 17.8 Å². The summed E-state index contributed by atoms with van der Waals surface area (Å²) in [6.45, 7) is 0. The van der Waals surface area contributed by atoms with Gasteiger partial charge < -0.3 is 4.57 Å². The zero-order valence-corrected chi connectivity index (χ0v) is 13.9. The predicted molar refractivity (Wildman–Crippen MR) is 98.0 cm³/mol. The third-order valence-corrected chi connectivity index (χ3v) is 4.32. The van der Waals surface area contributed by atoms with Crippen LogP contribution in [0.25, 0.3) is 22.4 Å². The third kappa shape index (κ3) is 2.62. The number of aromatic nitrogens is 2. The zero-order chi connectivity index (χ0) is 15.6. The lowest BCUT2D eigenvalue weighted by Gasteiger charge is -2.13. The molecule has 0 bridgehead atoms. The molecule has 2 aromatic carbocycles. The average molecular weight is 361 g/mol. The Hall–Kier alpha value is -2.57. The highest BCUT2D eigenvalue weighted by molar-refractivity contribution is 9.10. The second-order valence-corrected chi connectivity index (χ2v) is 6.19. The van der Waals surface area contributed by atoms with E-state index in [-0.39, 0.29) is 6.04 Å². The van der Waals surface area contributed by atoms with E-state index in [2.05, 4.69) is 56.6 Å². The number of hydrogen-bond donors (Lipinski definition) is 0. The molecule has 3 heteroatoms. The van der Waals surface area contributed by atoms with Crippen molar-refractivity contribution in [1.82, 2.24) is 9.55 Å². The Kier molecular flexibility index (Phi) is 3.61. The number of allylic oxidation sites excluding steroid dienone is 4. The van der Waals surface area contributed by atoms with Gasteiger partial charge >= 0.3 is 0 Å². The van der Waals surface area contributed by atoms with Gasteiger partial charge in [-0.1, -0.05) is 64.2 Å². The van der Waals surface area contributed by atoms with Crippen molar-refractivity contribution in [2.75, 3.05) is 0 Å². The number of rotatable bonds is 2. The Morgan fingerprint density at radius 1 is 1.00 bits per heavy atom. The minimum Gasteiger partial charge on any atom is -0.306 e. The maximum atomic E-state index is 4.84. The molecule has 1 unspecified atom stereocenters. The minimum absolute atomic E-state index is 0.0314. The van der Waals surface area contributed by atoms with Gasteiger partial charge in [0.15, 0.2) is 0 Å². The van der Waals surface area contributed by atoms with Crippen molar-refractivity contribution < 1.29 is 0 Å². The molecule has 0 saturated heterocycles. The first-order valence-electron chi connectivity index (χ1n) is 7.40. The van der Waals surface area contributed by atoms with Crippen molar-refractivity contribution in [2.24, 2.45) is 0 Å². The van der Waals surface area contributed by atoms with Gasteiger partial charge in [-0.05, 0) is 36.4 Å². The molecule has 110 valence electrons. The second-order valence-electron chi connectivity index (χ2n) is 5.28. The fourth-order valence-corrected chi connectivity index (χ4v) is 3.00. The molecule has 0 radical (unpaired) electrons. The van der Waals surface area contributed by atoms with E-state index in [9.17, 15) is 0 Å². The first kappa shape index (κ1) is 14.0. The van der Waals surface area contributed by atoms with Crippen LogP contribution >= 0.6 is 15.9 Å². The number of benzene rings is 2. The Labute approximate surface area is 143 Å². The van der Waals surface area contributed by atoms with E-state index in [1.165, 1.54) is 0 Å². The fraction of sp³-hybridized carbons (Fsp3) is 0.0500. The van der Waals surface area contributed by atoms with Crippen molar-refractivity contribution in [3.63, 3.8) is 0 Å². The summed E-state index contributed by atoms with van der Waals surface area (Å²) in [4.78, 5) is 4.84. The van der Waals surface area contributed by atoms with Crippen LogP contribution in [-0.4, -0.2) is 9.55 Å². The lowest BCUT2D eigenvalue weighted by Crippen LogP contribution is -2.06. The highest BCUT2D eigenvalue weighted by atomic mass is 79.9. The second kappa shape index (κ2) is 5.91. The fourth-order valence-electron chi connectivity index (χ4n) is 2.73. The molecule has 23 heavy (non-hydrogen) atoms. The molecule has 1 aliphatic carbocycles. The van der Waals surface area contributed by atoms with Crippen LogP contribution in [0.5, 0.6) is 0 Å². The van der Waals surface area contributed by atoms with Gasteiger partial charge in [-0.3, -0.25) is 0 Å². The summed E-state index contributed by atoms with van der Waals surface area (Å²) >= 11 is 3.49. The monoisotopic (exact) mass is 360 g/mol. The van der Waals surface area contributed by atoms with Crippen LogP contribution in [0, 0.1) is 11.8 Å². The van der Waals surface area contributed by atoms with E-state index >= 15 is 0 Å². The van der Waals surface area contributed by atoms with Gasteiger partial charge in [0.2, 0.25) is 0 Å².